The van der Waals surface area contributed by atoms with Crippen molar-refractivity contribution in [1.82, 2.24) is 5.32 Å². The third-order valence-electron chi connectivity index (χ3n) is 2.28. The summed E-state index contributed by atoms with van der Waals surface area (Å²) in [5.41, 5.74) is 1.40. The summed E-state index contributed by atoms with van der Waals surface area (Å²) in [5.74, 6) is 0. The molecule has 2 heteroatoms. The van der Waals surface area contributed by atoms with E-state index in [4.69, 9.17) is 4.74 Å². The van der Waals surface area contributed by atoms with Gasteiger partial charge in [0.15, 0.2) is 0 Å². The minimum Gasteiger partial charge on any atom is -0.382 e. The van der Waals surface area contributed by atoms with Crippen LogP contribution in [0.3, 0.4) is 0 Å². The van der Waals surface area contributed by atoms with Gasteiger partial charge in [-0.3, -0.25) is 0 Å². The van der Waals surface area contributed by atoms with Gasteiger partial charge in [0.1, 0.15) is 0 Å². The van der Waals surface area contributed by atoms with Crippen molar-refractivity contribution in [2.24, 2.45) is 0 Å². The topological polar surface area (TPSA) is 21.3 Å². The largest absolute Gasteiger partial charge is 0.382 e. The first-order chi connectivity index (χ1) is 7.43. The van der Waals surface area contributed by atoms with Gasteiger partial charge in [-0.25, -0.2) is 0 Å². The highest BCUT2D eigenvalue weighted by molar-refractivity contribution is 5.14. The van der Waals surface area contributed by atoms with Gasteiger partial charge in [0.25, 0.3) is 0 Å². The van der Waals surface area contributed by atoms with Gasteiger partial charge in [-0.05, 0) is 38.4 Å². The first-order valence-electron chi connectivity index (χ1n) is 5.76. The van der Waals surface area contributed by atoms with Gasteiger partial charge >= 0.3 is 0 Å². The van der Waals surface area contributed by atoms with Crippen LogP contribution >= 0.6 is 0 Å². The average Bonchev–Trinajstić information content (AvgIpc) is 2.29. The highest BCUT2D eigenvalue weighted by atomic mass is 16.5. The Balaban J connectivity index is 1.93. The molecule has 2 nitrogen and oxygen atoms in total. The Morgan fingerprint density at radius 1 is 1.13 bits per heavy atom. The normalized spacial score (nSPS) is 10.5. The summed E-state index contributed by atoms with van der Waals surface area (Å²) in [6.07, 6.45) is 2.21. The van der Waals surface area contributed by atoms with Gasteiger partial charge in [0.2, 0.25) is 0 Å². The molecule has 0 radical (unpaired) electrons. The van der Waals surface area contributed by atoms with E-state index in [9.17, 15) is 0 Å². The van der Waals surface area contributed by atoms with Gasteiger partial charge in [-0.2, -0.15) is 0 Å². The summed E-state index contributed by atoms with van der Waals surface area (Å²) in [6, 6.07) is 10.6. The summed E-state index contributed by atoms with van der Waals surface area (Å²) >= 11 is 0. The van der Waals surface area contributed by atoms with E-state index in [1.807, 2.05) is 6.92 Å². The molecular weight excluding hydrogens is 186 g/mol. The molecule has 0 aliphatic carbocycles. The Bertz CT molecular complexity index is 236. The molecule has 84 valence electrons. The van der Waals surface area contributed by atoms with Gasteiger partial charge in [0.05, 0.1) is 0 Å². The van der Waals surface area contributed by atoms with E-state index < -0.39 is 0 Å². The van der Waals surface area contributed by atoms with Crippen molar-refractivity contribution in [2.75, 3.05) is 26.3 Å². The van der Waals surface area contributed by atoms with E-state index in [0.29, 0.717) is 0 Å². The zero-order valence-electron chi connectivity index (χ0n) is 9.54. The quantitative estimate of drug-likeness (QED) is 0.660. The van der Waals surface area contributed by atoms with Crippen LogP contribution in [-0.2, 0) is 11.2 Å². The summed E-state index contributed by atoms with van der Waals surface area (Å²) in [6.45, 7) is 5.82. The zero-order chi connectivity index (χ0) is 10.8. The van der Waals surface area contributed by atoms with Gasteiger partial charge < -0.3 is 10.1 Å². The Labute approximate surface area is 92.6 Å². The van der Waals surface area contributed by atoms with Crippen molar-refractivity contribution in [3.8, 4) is 0 Å². The third kappa shape index (κ3) is 6.26. The molecule has 0 atom stereocenters. The van der Waals surface area contributed by atoms with Crippen LogP contribution in [0.1, 0.15) is 18.9 Å². The molecule has 15 heavy (non-hydrogen) atoms. The molecule has 0 saturated heterocycles. The van der Waals surface area contributed by atoms with Crippen LogP contribution < -0.4 is 5.32 Å². The van der Waals surface area contributed by atoms with Gasteiger partial charge in [-0.1, -0.05) is 30.3 Å². The fourth-order valence-electron chi connectivity index (χ4n) is 1.45. The maximum absolute atomic E-state index is 5.26. The number of ether oxygens (including phenoxy) is 1. The predicted octanol–water partition coefficient (Wildman–Crippen LogP) is 2.25. The van der Waals surface area contributed by atoms with E-state index >= 15 is 0 Å². The minimum atomic E-state index is 0.823. The lowest BCUT2D eigenvalue weighted by atomic mass is 10.1. The molecule has 0 spiro atoms. The molecule has 0 amide bonds. The molecule has 0 aliphatic heterocycles. The van der Waals surface area contributed by atoms with Crippen molar-refractivity contribution in [2.45, 2.75) is 19.8 Å². The van der Waals surface area contributed by atoms with Crippen LogP contribution in [-0.4, -0.2) is 26.3 Å². The van der Waals surface area contributed by atoms with Gasteiger partial charge in [-0.15, -0.1) is 0 Å². The van der Waals surface area contributed by atoms with Crippen molar-refractivity contribution in [3.63, 3.8) is 0 Å². The summed E-state index contributed by atoms with van der Waals surface area (Å²) in [5, 5.41) is 3.41. The highest BCUT2D eigenvalue weighted by Crippen LogP contribution is 1.97. The molecule has 0 heterocycles. The van der Waals surface area contributed by atoms with Crippen LogP contribution in [0.25, 0.3) is 0 Å². The summed E-state index contributed by atoms with van der Waals surface area (Å²) in [7, 11) is 0. The highest BCUT2D eigenvalue weighted by Gasteiger charge is 1.91. The van der Waals surface area contributed by atoms with E-state index in [0.717, 1.165) is 39.1 Å². The van der Waals surface area contributed by atoms with Crippen LogP contribution in [0.4, 0.5) is 0 Å². The molecule has 0 saturated carbocycles. The standard InChI is InChI=1S/C13H21NO/c1-2-15-12-6-10-14-11-9-13-7-4-3-5-8-13/h3-5,7-8,14H,2,6,9-12H2,1H3. The molecule has 1 aromatic carbocycles. The Hall–Kier alpha value is -0.860. The Morgan fingerprint density at radius 3 is 2.67 bits per heavy atom. The molecular formula is C13H21NO. The lowest BCUT2D eigenvalue weighted by molar-refractivity contribution is 0.145. The monoisotopic (exact) mass is 207 g/mol. The maximum Gasteiger partial charge on any atom is 0.0477 e. The number of benzene rings is 1. The second-order valence-corrected chi connectivity index (χ2v) is 3.54. The molecule has 1 N–H and O–H groups in total. The minimum absolute atomic E-state index is 0.823. The molecule has 0 unspecified atom stereocenters. The van der Waals surface area contributed by atoms with E-state index in [1.54, 1.807) is 0 Å². The zero-order valence-corrected chi connectivity index (χ0v) is 9.54. The maximum atomic E-state index is 5.26. The molecule has 0 fully saturated rings. The third-order valence-corrected chi connectivity index (χ3v) is 2.28. The van der Waals surface area contributed by atoms with Crippen molar-refractivity contribution < 1.29 is 4.74 Å². The molecule has 1 rings (SSSR count). The summed E-state index contributed by atoms with van der Waals surface area (Å²) < 4.78 is 5.26. The van der Waals surface area contributed by atoms with Crippen molar-refractivity contribution >= 4 is 0 Å². The van der Waals surface area contributed by atoms with E-state index in [2.05, 4.69) is 35.6 Å². The van der Waals surface area contributed by atoms with Crippen molar-refractivity contribution in [1.29, 1.82) is 0 Å². The van der Waals surface area contributed by atoms with E-state index in [-0.39, 0.29) is 0 Å². The number of nitrogens with one attached hydrogen (secondary N) is 1. The van der Waals surface area contributed by atoms with Crippen LogP contribution in [0.5, 0.6) is 0 Å². The van der Waals surface area contributed by atoms with Crippen LogP contribution in [0.2, 0.25) is 0 Å². The lowest BCUT2D eigenvalue weighted by Gasteiger charge is -2.04. The molecule has 0 aromatic heterocycles. The molecule has 0 bridgehead atoms. The van der Waals surface area contributed by atoms with Crippen molar-refractivity contribution in [3.05, 3.63) is 35.9 Å². The fourth-order valence-corrected chi connectivity index (χ4v) is 1.45. The molecule has 1 aromatic rings. The van der Waals surface area contributed by atoms with Gasteiger partial charge in [0, 0.05) is 13.2 Å². The number of rotatable bonds is 8. The second-order valence-electron chi connectivity index (χ2n) is 3.54. The fraction of sp³-hybridized carbons (Fsp3) is 0.538. The predicted molar refractivity (Wildman–Crippen MR) is 64.1 cm³/mol. The van der Waals surface area contributed by atoms with Crippen LogP contribution in [0, 0.1) is 0 Å². The Kier molecular flexibility index (Phi) is 6.88. The lowest BCUT2D eigenvalue weighted by Crippen LogP contribution is -2.19. The van der Waals surface area contributed by atoms with Crippen LogP contribution in [0.15, 0.2) is 30.3 Å². The average molecular weight is 207 g/mol. The second kappa shape index (κ2) is 8.45. The first kappa shape index (κ1) is 12.2. The summed E-state index contributed by atoms with van der Waals surface area (Å²) in [4.78, 5) is 0. The number of hydrogen-bond donors (Lipinski definition) is 1. The smallest absolute Gasteiger partial charge is 0.0477 e. The Morgan fingerprint density at radius 2 is 1.93 bits per heavy atom. The first-order valence-corrected chi connectivity index (χ1v) is 5.76. The SMILES string of the molecule is CCOCCCNCCc1ccccc1. The molecule has 0 aliphatic rings. The van der Waals surface area contributed by atoms with E-state index in [1.165, 1.54) is 5.56 Å². The number of hydrogen-bond acceptors (Lipinski definition) is 2.